The molecule has 1 aliphatic rings. The molecule has 3 rings (SSSR count). The molecule has 10 heteroatoms. The Kier molecular flexibility index (Phi) is 8.84. The van der Waals surface area contributed by atoms with Gasteiger partial charge in [0.2, 0.25) is 0 Å². The molecule has 0 spiro atoms. The molecule has 1 saturated heterocycles. The van der Waals surface area contributed by atoms with Crippen molar-refractivity contribution < 1.29 is 33.3 Å². The van der Waals surface area contributed by atoms with Gasteiger partial charge in [0, 0.05) is 0 Å². The highest BCUT2D eigenvalue weighted by Gasteiger charge is 2.35. The van der Waals surface area contributed by atoms with Gasteiger partial charge in [-0.25, -0.2) is 4.79 Å². The topological polar surface area (TPSA) is 91.4 Å². The number of carbonyl (C=O) groups excluding carboxylic acids is 3. The number of aryl methyl sites for hydroxylation is 1. The molecule has 0 radical (unpaired) electrons. The molecule has 0 bridgehead atoms. The molecule has 34 heavy (non-hydrogen) atoms. The van der Waals surface area contributed by atoms with E-state index in [0.717, 1.165) is 22.2 Å². The number of carbonyl (C=O) groups is 3. The molecule has 1 heterocycles. The fraction of sp³-hybridized carbons (Fsp3) is 0.292. The van der Waals surface area contributed by atoms with Gasteiger partial charge in [-0.1, -0.05) is 29.3 Å². The summed E-state index contributed by atoms with van der Waals surface area (Å²) in [7, 11) is 1.25. The van der Waals surface area contributed by atoms with Crippen molar-refractivity contribution in [2.45, 2.75) is 13.8 Å². The highest BCUT2D eigenvalue weighted by Crippen LogP contribution is 2.39. The van der Waals surface area contributed by atoms with Crippen LogP contribution in [0.25, 0.3) is 6.08 Å². The minimum Gasteiger partial charge on any atom is -0.492 e. The third-order valence-corrected chi connectivity index (χ3v) is 5.86. The zero-order chi connectivity index (χ0) is 24.7. The summed E-state index contributed by atoms with van der Waals surface area (Å²) in [6.45, 7) is 4.06. The number of hydrogen-bond acceptors (Lipinski definition) is 8. The Morgan fingerprint density at radius 3 is 2.53 bits per heavy atom. The summed E-state index contributed by atoms with van der Waals surface area (Å²) in [4.78, 5) is 38.0. The number of hydrogen-bond donors (Lipinski definition) is 0. The molecule has 1 aliphatic heterocycles. The van der Waals surface area contributed by atoms with E-state index in [4.69, 9.17) is 25.8 Å². The van der Waals surface area contributed by atoms with E-state index in [9.17, 15) is 14.4 Å². The molecule has 0 unspecified atom stereocenters. The molecule has 0 atom stereocenters. The summed E-state index contributed by atoms with van der Waals surface area (Å²) in [6, 6.07) is 10.7. The van der Waals surface area contributed by atoms with Crippen LogP contribution in [0.5, 0.6) is 17.2 Å². The molecule has 0 saturated carbocycles. The van der Waals surface area contributed by atoms with Crippen LogP contribution >= 0.6 is 23.4 Å². The number of thioether (sulfide) groups is 1. The van der Waals surface area contributed by atoms with Gasteiger partial charge in [-0.2, -0.15) is 0 Å². The van der Waals surface area contributed by atoms with Crippen LogP contribution < -0.4 is 14.2 Å². The van der Waals surface area contributed by atoms with Gasteiger partial charge >= 0.3 is 5.97 Å². The maximum Gasteiger partial charge on any atom is 0.343 e. The van der Waals surface area contributed by atoms with Crippen LogP contribution in [0.1, 0.15) is 18.1 Å². The van der Waals surface area contributed by atoms with Crippen molar-refractivity contribution in [2.75, 3.05) is 33.5 Å². The average Bonchev–Trinajstić information content (AvgIpc) is 3.07. The van der Waals surface area contributed by atoms with Crippen LogP contribution in [0.2, 0.25) is 5.02 Å². The minimum atomic E-state index is -0.567. The van der Waals surface area contributed by atoms with Gasteiger partial charge in [-0.3, -0.25) is 14.5 Å². The van der Waals surface area contributed by atoms with E-state index < -0.39 is 11.9 Å². The van der Waals surface area contributed by atoms with Gasteiger partial charge in [0.15, 0.2) is 18.1 Å². The number of esters is 1. The number of benzene rings is 2. The number of rotatable bonds is 10. The lowest BCUT2D eigenvalue weighted by molar-refractivity contribution is -0.142. The number of amides is 2. The lowest BCUT2D eigenvalue weighted by atomic mass is 10.1. The van der Waals surface area contributed by atoms with Crippen molar-refractivity contribution in [1.29, 1.82) is 0 Å². The second-order valence-electron chi connectivity index (χ2n) is 7.12. The van der Waals surface area contributed by atoms with Crippen LogP contribution in [-0.2, 0) is 14.3 Å². The van der Waals surface area contributed by atoms with Crippen LogP contribution in [0.15, 0.2) is 41.3 Å². The zero-order valence-electron chi connectivity index (χ0n) is 19.0. The van der Waals surface area contributed by atoms with E-state index >= 15 is 0 Å². The number of methoxy groups -OCH3 is 1. The lowest BCUT2D eigenvalue weighted by Crippen LogP contribution is -2.32. The van der Waals surface area contributed by atoms with Gasteiger partial charge in [0.1, 0.15) is 12.4 Å². The molecule has 0 aliphatic carbocycles. The predicted octanol–water partition coefficient (Wildman–Crippen LogP) is 4.71. The molecule has 0 aromatic heterocycles. The summed E-state index contributed by atoms with van der Waals surface area (Å²) in [5.41, 5.74) is 1.65. The average molecular weight is 506 g/mol. The van der Waals surface area contributed by atoms with Crippen molar-refractivity contribution in [3.8, 4) is 17.2 Å². The van der Waals surface area contributed by atoms with E-state index in [1.165, 1.54) is 7.11 Å². The standard InChI is InChI=1S/C24H24ClNO7S/c1-4-31-19-12-16(11-18(25)22(19)33-14-21(27)30-3)13-20-23(28)26(24(29)34-20)9-10-32-17-7-5-15(2)6-8-17/h5-8,11-13H,4,9-10,14H2,1-3H3/b20-13-. The lowest BCUT2D eigenvalue weighted by Gasteiger charge is -2.14. The summed E-state index contributed by atoms with van der Waals surface area (Å²) in [5.74, 6) is 0.175. The van der Waals surface area contributed by atoms with Gasteiger partial charge in [0.25, 0.3) is 11.1 Å². The van der Waals surface area contributed by atoms with Gasteiger partial charge in [-0.15, -0.1) is 0 Å². The Hall–Kier alpha value is -3.17. The molecule has 2 aromatic rings. The number of ether oxygens (including phenoxy) is 4. The van der Waals surface area contributed by atoms with E-state index in [0.29, 0.717) is 23.7 Å². The smallest absolute Gasteiger partial charge is 0.343 e. The number of imide groups is 1. The van der Waals surface area contributed by atoms with E-state index in [2.05, 4.69) is 4.74 Å². The first kappa shape index (κ1) is 25.5. The summed E-state index contributed by atoms with van der Waals surface area (Å²) in [6.07, 6.45) is 1.56. The Bertz CT molecular complexity index is 1100. The molecule has 1 fully saturated rings. The van der Waals surface area contributed by atoms with Gasteiger partial charge in [-0.05, 0) is 61.5 Å². The second kappa shape index (κ2) is 11.8. The number of nitrogens with zero attached hydrogens (tertiary/aromatic N) is 1. The minimum absolute atomic E-state index is 0.126. The second-order valence-corrected chi connectivity index (χ2v) is 8.52. The van der Waals surface area contributed by atoms with Crippen LogP contribution in [0.3, 0.4) is 0 Å². The summed E-state index contributed by atoms with van der Waals surface area (Å²) in [5, 5.41) is -0.190. The quantitative estimate of drug-likeness (QED) is 0.338. The molecule has 2 amide bonds. The molecule has 2 aromatic carbocycles. The normalized spacial score (nSPS) is 14.5. The molecule has 0 N–H and O–H groups in total. The van der Waals surface area contributed by atoms with Gasteiger partial charge < -0.3 is 18.9 Å². The third-order valence-electron chi connectivity index (χ3n) is 4.67. The van der Waals surface area contributed by atoms with Crippen molar-refractivity contribution in [2.24, 2.45) is 0 Å². The van der Waals surface area contributed by atoms with Crippen molar-refractivity contribution in [3.63, 3.8) is 0 Å². The maximum atomic E-state index is 12.8. The summed E-state index contributed by atoms with van der Waals surface area (Å²) < 4.78 is 21.2. The van der Waals surface area contributed by atoms with E-state index in [1.807, 2.05) is 31.2 Å². The fourth-order valence-electron chi connectivity index (χ4n) is 3.00. The Morgan fingerprint density at radius 2 is 1.85 bits per heavy atom. The first-order valence-electron chi connectivity index (χ1n) is 10.4. The SMILES string of the molecule is CCOc1cc(/C=C2\SC(=O)N(CCOc3ccc(C)cc3)C2=O)cc(Cl)c1OCC(=O)OC. The van der Waals surface area contributed by atoms with Crippen molar-refractivity contribution in [3.05, 3.63) is 57.5 Å². The first-order chi connectivity index (χ1) is 16.3. The predicted molar refractivity (Wildman–Crippen MR) is 129 cm³/mol. The zero-order valence-corrected chi connectivity index (χ0v) is 20.5. The molecular weight excluding hydrogens is 482 g/mol. The van der Waals surface area contributed by atoms with E-state index in [-0.39, 0.29) is 40.7 Å². The monoisotopic (exact) mass is 505 g/mol. The van der Waals surface area contributed by atoms with Crippen LogP contribution in [0.4, 0.5) is 4.79 Å². The number of halogens is 1. The Balaban J connectivity index is 1.71. The largest absolute Gasteiger partial charge is 0.492 e. The highest BCUT2D eigenvalue weighted by atomic mass is 35.5. The third kappa shape index (κ3) is 6.45. The fourth-order valence-corrected chi connectivity index (χ4v) is 4.14. The molecule has 180 valence electrons. The van der Waals surface area contributed by atoms with Crippen molar-refractivity contribution >= 4 is 46.6 Å². The highest BCUT2D eigenvalue weighted by molar-refractivity contribution is 8.18. The Morgan fingerprint density at radius 1 is 1.12 bits per heavy atom. The van der Waals surface area contributed by atoms with E-state index in [1.54, 1.807) is 25.1 Å². The van der Waals surface area contributed by atoms with Crippen molar-refractivity contribution in [1.82, 2.24) is 4.90 Å². The van der Waals surface area contributed by atoms with Crippen LogP contribution in [0, 0.1) is 6.92 Å². The Labute approximate surface area is 206 Å². The molecule has 8 nitrogen and oxygen atoms in total. The summed E-state index contributed by atoms with van der Waals surface area (Å²) >= 11 is 7.18. The molecular formula is C24H24ClNO7S. The maximum absolute atomic E-state index is 12.8. The van der Waals surface area contributed by atoms with Gasteiger partial charge in [0.05, 0.1) is 30.2 Å². The van der Waals surface area contributed by atoms with Crippen LogP contribution in [-0.4, -0.2) is 55.5 Å². The first-order valence-corrected chi connectivity index (χ1v) is 11.6.